The smallest absolute Gasteiger partial charge is 0.242 e. The van der Waals surface area contributed by atoms with E-state index in [1.165, 1.54) is 5.56 Å². The van der Waals surface area contributed by atoms with E-state index in [0.29, 0.717) is 13.1 Å². The van der Waals surface area contributed by atoms with Crippen LogP contribution in [0.2, 0.25) is 0 Å². The minimum Gasteiger partial charge on any atom is -0.464 e. The number of benzene rings is 1. The number of amides is 2. The molecular formula is C24H32N2O3. The van der Waals surface area contributed by atoms with Crippen LogP contribution in [-0.4, -0.2) is 40.7 Å². The third-order valence-electron chi connectivity index (χ3n) is 5.20. The second-order valence-corrected chi connectivity index (χ2v) is 8.98. The Morgan fingerprint density at radius 3 is 2.31 bits per heavy atom. The first kappa shape index (κ1) is 21.2. The molecule has 0 atom stereocenters. The number of hydrogen-bond donors (Lipinski definition) is 0. The first-order chi connectivity index (χ1) is 13.7. The molecule has 2 amide bonds. The quantitative estimate of drug-likeness (QED) is 0.672. The zero-order chi connectivity index (χ0) is 21.0. The highest BCUT2D eigenvalue weighted by Crippen LogP contribution is 2.31. The van der Waals surface area contributed by atoms with E-state index in [9.17, 15) is 9.59 Å². The molecule has 0 aliphatic heterocycles. The fourth-order valence-corrected chi connectivity index (χ4v) is 3.39. The van der Waals surface area contributed by atoms with Gasteiger partial charge in [0.05, 0.1) is 6.54 Å². The van der Waals surface area contributed by atoms with Crippen molar-refractivity contribution in [3.8, 4) is 0 Å². The standard InChI is InChI=1S/C24H32N2O3/c1-18-10-13-21(29-18)16-25(15-14-19-8-6-5-7-9-19)22(27)17-26(20-11-12-20)23(28)24(2,3)4/h5-10,13,20H,11-12,14-17H2,1-4H3. The lowest BCUT2D eigenvalue weighted by Gasteiger charge is -2.31. The molecule has 1 aromatic carbocycles. The normalized spacial score (nSPS) is 13.9. The molecule has 0 bridgehead atoms. The van der Waals surface area contributed by atoms with E-state index in [0.717, 1.165) is 30.8 Å². The van der Waals surface area contributed by atoms with Gasteiger partial charge in [-0.25, -0.2) is 0 Å². The molecule has 0 radical (unpaired) electrons. The Labute approximate surface area is 173 Å². The SMILES string of the molecule is Cc1ccc(CN(CCc2ccccc2)C(=O)CN(C(=O)C(C)(C)C)C2CC2)o1. The molecule has 156 valence electrons. The Morgan fingerprint density at radius 1 is 1.07 bits per heavy atom. The van der Waals surface area contributed by atoms with Gasteiger partial charge >= 0.3 is 0 Å². The van der Waals surface area contributed by atoms with Gasteiger partial charge < -0.3 is 14.2 Å². The summed E-state index contributed by atoms with van der Waals surface area (Å²) in [4.78, 5) is 29.7. The van der Waals surface area contributed by atoms with E-state index in [2.05, 4.69) is 12.1 Å². The number of carbonyl (C=O) groups excluding carboxylic acids is 2. The molecule has 2 aromatic rings. The summed E-state index contributed by atoms with van der Waals surface area (Å²) in [6.07, 6.45) is 2.73. The molecule has 0 N–H and O–H groups in total. The minimum absolute atomic E-state index is 0.0283. The third-order valence-corrected chi connectivity index (χ3v) is 5.20. The van der Waals surface area contributed by atoms with Crippen LogP contribution in [0.5, 0.6) is 0 Å². The highest BCUT2D eigenvalue weighted by atomic mass is 16.3. The molecule has 1 fully saturated rings. The van der Waals surface area contributed by atoms with Gasteiger partial charge in [-0.05, 0) is 43.9 Å². The maximum atomic E-state index is 13.2. The van der Waals surface area contributed by atoms with Crippen LogP contribution in [0.1, 0.15) is 50.7 Å². The first-order valence-electron chi connectivity index (χ1n) is 10.4. The monoisotopic (exact) mass is 396 g/mol. The summed E-state index contributed by atoms with van der Waals surface area (Å²) >= 11 is 0. The molecule has 1 heterocycles. The van der Waals surface area contributed by atoms with Crippen LogP contribution in [0.4, 0.5) is 0 Å². The Hall–Kier alpha value is -2.56. The van der Waals surface area contributed by atoms with Crippen molar-refractivity contribution in [1.29, 1.82) is 0 Å². The van der Waals surface area contributed by atoms with Crippen molar-refractivity contribution < 1.29 is 14.0 Å². The van der Waals surface area contributed by atoms with E-state index < -0.39 is 5.41 Å². The minimum atomic E-state index is -0.490. The van der Waals surface area contributed by atoms with Crippen LogP contribution in [0.25, 0.3) is 0 Å². The fourth-order valence-electron chi connectivity index (χ4n) is 3.39. The van der Waals surface area contributed by atoms with Gasteiger partial charge in [0.25, 0.3) is 0 Å². The molecule has 0 unspecified atom stereocenters. The highest BCUT2D eigenvalue weighted by molar-refractivity contribution is 5.88. The average molecular weight is 397 g/mol. The van der Waals surface area contributed by atoms with Crippen LogP contribution in [0, 0.1) is 12.3 Å². The number of furan rings is 1. The Morgan fingerprint density at radius 2 is 1.76 bits per heavy atom. The first-order valence-corrected chi connectivity index (χ1v) is 10.4. The molecule has 1 saturated carbocycles. The summed E-state index contributed by atoms with van der Waals surface area (Å²) in [6, 6.07) is 14.2. The summed E-state index contributed by atoms with van der Waals surface area (Å²) < 4.78 is 5.71. The van der Waals surface area contributed by atoms with Crippen molar-refractivity contribution in [2.75, 3.05) is 13.1 Å². The Balaban J connectivity index is 1.72. The van der Waals surface area contributed by atoms with E-state index in [-0.39, 0.29) is 24.4 Å². The van der Waals surface area contributed by atoms with Gasteiger partial charge in [-0.15, -0.1) is 0 Å². The van der Waals surface area contributed by atoms with Crippen LogP contribution in [0.3, 0.4) is 0 Å². The molecule has 0 saturated heterocycles. The lowest BCUT2D eigenvalue weighted by molar-refractivity contribution is -0.146. The van der Waals surface area contributed by atoms with E-state index >= 15 is 0 Å². The van der Waals surface area contributed by atoms with Crippen LogP contribution in [0.15, 0.2) is 46.9 Å². The van der Waals surface area contributed by atoms with Crippen molar-refractivity contribution in [2.24, 2.45) is 5.41 Å². The van der Waals surface area contributed by atoms with E-state index in [1.807, 2.05) is 62.9 Å². The molecule has 5 heteroatoms. The summed E-state index contributed by atoms with van der Waals surface area (Å²) in [6.45, 7) is 8.77. The summed E-state index contributed by atoms with van der Waals surface area (Å²) in [5.41, 5.74) is 0.696. The summed E-state index contributed by atoms with van der Waals surface area (Å²) in [5.74, 6) is 1.62. The number of rotatable bonds is 8. The molecule has 1 aliphatic carbocycles. The predicted molar refractivity (Wildman–Crippen MR) is 113 cm³/mol. The molecule has 0 spiro atoms. The zero-order valence-corrected chi connectivity index (χ0v) is 18.0. The van der Waals surface area contributed by atoms with E-state index in [4.69, 9.17) is 4.42 Å². The second kappa shape index (κ2) is 8.85. The van der Waals surface area contributed by atoms with Gasteiger partial charge in [0.1, 0.15) is 18.1 Å². The molecule has 3 rings (SSSR count). The molecule has 1 aromatic heterocycles. The van der Waals surface area contributed by atoms with Gasteiger partial charge in [-0.2, -0.15) is 0 Å². The molecule has 1 aliphatic rings. The van der Waals surface area contributed by atoms with Gasteiger partial charge in [-0.3, -0.25) is 9.59 Å². The van der Waals surface area contributed by atoms with Gasteiger partial charge in [0.15, 0.2) is 0 Å². The Bertz CT molecular complexity index is 831. The third kappa shape index (κ3) is 5.96. The summed E-state index contributed by atoms with van der Waals surface area (Å²) in [5, 5.41) is 0. The molecule has 29 heavy (non-hydrogen) atoms. The largest absolute Gasteiger partial charge is 0.464 e. The van der Waals surface area contributed by atoms with Gasteiger partial charge in [-0.1, -0.05) is 51.1 Å². The van der Waals surface area contributed by atoms with Crippen molar-refractivity contribution >= 4 is 11.8 Å². The second-order valence-electron chi connectivity index (χ2n) is 8.98. The van der Waals surface area contributed by atoms with E-state index in [1.54, 1.807) is 4.90 Å². The number of hydrogen-bond acceptors (Lipinski definition) is 3. The number of nitrogens with zero attached hydrogens (tertiary/aromatic N) is 2. The van der Waals surface area contributed by atoms with Crippen LogP contribution in [-0.2, 0) is 22.6 Å². The lowest BCUT2D eigenvalue weighted by Crippen LogP contribution is -2.47. The number of aryl methyl sites for hydroxylation is 1. The van der Waals surface area contributed by atoms with Crippen molar-refractivity contribution in [3.05, 3.63) is 59.5 Å². The van der Waals surface area contributed by atoms with Crippen molar-refractivity contribution in [3.63, 3.8) is 0 Å². The molecule has 5 nitrogen and oxygen atoms in total. The van der Waals surface area contributed by atoms with Gasteiger partial charge in [0, 0.05) is 18.0 Å². The number of carbonyl (C=O) groups is 2. The predicted octanol–water partition coefficient (Wildman–Crippen LogP) is 4.20. The molecular weight excluding hydrogens is 364 g/mol. The Kier molecular flexibility index (Phi) is 6.46. The maximum absolute atomic E-state index is 13.2. The van der Waals surface area contributed by atoms with Crippen molar-refractivity contribution in [1.82, 2.24) is 9.80 Å². The van der Waals surface area contributed by atoms with Gasteiger partial charge in [0.2, 0.25) is 11.8 Å². The fraction of sp³-hybridized carbons (Fsp3) is 0.500. The lowest BCUT2D eigenvalue weighted by atomic mass is 9.94. The maximum Gasteiger partial charge on any atom is 0.242 e. The van der Waals surface area contributed by atoms with Crippen LogP contribution >= 0.6 is 0 Å². The topological polar surface area (TPSA) is 53.8 Å². The zero-order valence-electron chi connectivity index (χ0n) is 18.0. The van der Waals surface area contributed by atoms with Crippen molar-refractivity contribution in [2.45, 2.75) is 59.5 Å². The highest BCUT2D eigenvalue weighted by Gasteiger charge is 2.39. The van der Waals surface area contributed by atoms with Crippen LogP contribution < -0.4 is 0 Å². The summed E-state index contributed by atoms with van der Waals surface area (Å²) in [7, 11) is 0. The average Bonchev–Trinajstić information content (AvgIpc) is 3.44.